The molecule has 0 fully saturated rings. The summed E-state index contributed by atoms with van der Waals surface area (Å²) < 4.78 is 26.9. The molecule has 1 atom stereocenters. The first-order valence-corrected chi connectivity index (χ1v) is 7.89. The Kier molecular flexibility index (Phi) is 5.85. The monoisotopic (exact) mass is 347 g/mol. The molecular weight excluding hydrogens is 328 g/mol. The number of rotatable bonds is 6. The summed E-state index contributed by atoms with van der Waals surface area (Å²) in [4.78, 5) is 25.5. The number of carboxylic acids is 1. The van der Waals surface area contributed by atoms with Gasteiger partial charge in [0.2, 0.25) is 5.91 Å². The second-order valence-corrected chi connectivity index (χ2v) is 5.77. The summed E-state index contributed by atoms with van der Waals surface area (Å²) in [5, 5.41) is 9.45. The van der Waals surface area contributed by atoms with Crippen molar-refractivity contribution in [2.75, 3.05) is 4.90 Å². The fraction of sp³-hybridized carbons (Fsp3) is 0.263. The van der Waals surface area contributed by atoms with Crippen LogP contribution in [0.4, 0.5) is 14.5 Å². The van der Waals surface area contributed by atoms with Crippen LogP contribution in [0.1, 0.15) is 24.5 Å². The molecule has 4 nitrogen and oxygen atoms in total. The lowest BCUT2D eigenvalue weighted by molar-refractivity contribution is -0.140. The van der Waals surface area contributed by atoms with Crippen LogP contribution in [0.3, 0.4) is 0 Å². The number of hydrogen-bond donors (Lipinski definition) is 1. The molecule has 1 amide bonds. The van der Waals surface area contributed by atoms with Gasteiger partial charge in [0.1, 0.15) is 17.7 Å². The van der Waals surface area contributed by atoms with Crippen molar-refractivity contribution in [1.82, 2.24) is 0 Å². The molecule has 0 heterocycles. The molecule has 0 aliphatic carbocycles. The summed E-state index contributed by atoms with van der Waals surface area (Å²) in [6.45, 7) is 3.53. The maximum atomic E-state index is 13.8. The second kappa shape index (κ2) is 7.88. The third-order valence-electron chi connectivity index (χ3n) is 3.92. The zero-order valence-electron chi connectivity index (χ0n) is 14.0. The lowest BCUT2D eigenvalue weighted by Crippen LogP contribution is -2.45. The molecule has 0 aromatic heterocycles. The van der Waals surface area contributed by atoms with Crippen molar-refractivity contribution < 1.29 is 23.5 Å². The summed E-state index contributed by atoms with van der Waals surface area (Å²) in [6, 6.07) is 8.73. The SMILES string of the molecule is CCC(C(=O)O)N(C(=O)Cc1ccc(F)cc1F)c1ccc(C)cc1. The molecule has 0 saturated heterocycles. The van der Waals surface area contributed by atoms with Gasteiger partial charge >= 0.3 is 5.97 Å². The summed E-state index contributed by atoms with van der Waals surface area (Å²) in [7, 11) is 0. The first-order valence-electron chi connectivity index (χ1n) is 7.89. The van der Waals surface area contributed by atoms with Gasteiger partial charge in [0.25, 0.3) is 0 Å². The van der Waals surface area contributed by atoms with Crippen LogP contribution >= 0.6 is 0 Å². The van der Waals surface area contributed by atoms with E-state index in [0.717, 1.165) is 16.5 Å². The molecule has 2 aromatic rings. The fourth-order valence-corrected chi connectivity index (χ4v) is 2.58. The maximum Gasteiger partial charge on any atom is 0.326 e. The van der Waals surface area contributed by atoms with Gasteiger partial charge in [-0.05, 0) is 37.1 Å². The molecule has 0 bridgehead atoms. The largest absolute Gasteiger partial charge is 0.480 e. The Bertz CT molecular complexity index is 775. The number of carboxylic acid groups (broad SMARTS) is 1. The number of aliphatic carboxylic acids is 1. The van der Waals surface area contributed by atoms with E-state index in [9.17, 15) is 23.5 Å². The van der Waals surface area contributed by atoms with Crippen molar-refractivity contribution in [3.63, 3.8) is 0 Å². The number of benzene rings is 2. The quantitative estimate of drug-likeness (QED) is 0.867. The summed E-state index contributed by atoms with van der Waals surface area (Å²) in [5.74, 6) is -3.28. The molecule has 0 aliphatic rings. The number of nitrogens with zero attached hydrogens (tertiary/aromatic N) is 1. The van der Waals surface area contributed by atoms with Gasteiger partial charge in [-0.2, -0.15) is 0 Å². The van der Waals surface area contributed by atoms with E-state index in [2.05, 4.69) is 0 Å². The second-order valence-electron chi connectivity index (χ2n) is 5.77. The number of amides is 1. The van der Waals surface area contributed by atoms with Crippen molar-refractivity contribution in [3.05, 3.63) is 65.2 Å². The van der Waals surface area contributed by atoms with E-state index in [1.165, 1.54) is 6.07 Å². The summed E-state index contributed by atoms with van der Waals surface area (Å²) in [6.07, 6.45) is -0.162. The lowest BCUT2D eigenvalue weighted by atomic mass is 10.1. The van der Waals surface area contributed by atoms with E-state index in [1.54, 1.807) is 31.2 Å². The van der Waals surface area contributed by atoms with Crippen molar-refractivity contribution in [2.45, 2.75) is 32.7 Å². The van der Waals surface area contributed by atoms with Gasteiger partial charge in [0.05, 0.1) is 6.42 Å². The van der Waals surface area contributed by atoms with Crippen molar-refractivity contribution >= 4 is 17.6 Å². The van der Waals surface area contributed by atoms with Gasteiger partial charge in [-0.25, -0.2) is 13.6 Å². The molecular formula is C19H19F2NO3. The molecule has 0 saturated carbocycles. The van der Waals surface area contributed by atoms with Crippen LogP contribution in [0.25, 0.3) is 0 Å². The smallest absolute Gasteiger partial charge is 0.326 e. The molecule has 1 unspecified atom stereocenters. The van der Waals surface area contributed by atoms with Crippen LogP contribution in [0.2, 0.25) is 0 Å². The first-order chi connectivity index (χ1) is 11.8. The van der Waals surface area contributed by atoms with E-state index in [1.807, 2.05) is 6.92 Å². The molecule has 1 N–H and O–H groups in total. The van der Waals surface area contributed by atoms with E-state index in [-0.39, 0.29) is 18.4 Å². The van der Waals surface area contributed by atoms with Gasteiger partial charge in [-0.1, -0.05) is 30.7 Å². The average Bonchev–Trinajstić information content (AvgIpc) is 2.55. The molecule has 2 aromatic carbocycles. The topological polar surface area (TPSA) is 57.6 Å². The third-order valence-corrected chi connectivity index (χ3v) is 3.92. The van der Waals surface area contributed by atoms with E-state index in [0.29, 0.717) is 11.8 Å². The molecule has 0 aliphatic heterocycles. The maximum absolute atomic E-state index is 13.8. The van der Waals surface area contributed by atoms with Crippen LogP contribution in [0.15, 0.2) is 42.5 Å². The minimum Gasteiger partial charge on any atom is -0.480 e. The van der Waals surface area contributed by atoms with Crippen LogP contribution in [0.5, 0.6) is 0 Å². The van der Waals surface area contributed by atoms with Gasteiger partial charge < -0.3 is 5.11 Å². The zero-order valence-corrected chi connectivity index (χ0v) is 14.0. The Labute approximate surface area is 144 Å². The van der Waals surface area contributed by atoms with Crippen LogP contribution in [-0.2, 0) is 16.0 Å². The molecule has 6 heteroatoms. The van der Waals surface area contributed by atoms with Gasteiger partial charge in [0, 0.05) is 11.8 Å². The first kappa shape index (κ1) is 18.6. The Morgan fingerprint density at radius 2 is 1.76 bits per heavy atom. The van der Waals surface area contributed by atoms with Crippen molar-refractivity contribution in [3.8, 4) is 0 Å². The predicted octanol–water partition coefficient (Wildman–Crippen LogP) is 3.71. The summed E-state index contributed by atoms with van der Waals surface area (Å²) in [5.41, 5.74) is 1.40. The minimum atomic E-state index is -1.14. The Morgan fingerprint density at radius 1 is 1.12 bits per heavy atom. The van der Waals surface area contributed by atoms with Crippen LogP contribution < -0.4 is 4.90 Å². The highest BCUT2D eigenvalue weighted by molar-refractivity contribution is 6.00. The number of carbonyl (C=O) groups is 2. The summed E-state index contributed by atoms with van der Waals surface area (Å²) >= 11 is 0. The molecule has 2 rings (SSSR count). The lowest BCUT2D eigenvalue weighted by Gasteiger charge is -2.28. The number of hydrogen-bond acceptors (Lipinski definition) is 2. The third kappa shape index (κ3) is 4.41. The van der Waals surface area contributed by atoms with E-state index >= 15 is 0 Å². The Balaban J connectivity index is 2.38. The number of halogens is 2. The number of aryl methyl sites for hydroxylation is 1. The van der Waals surface area contributed by atoms with Crippen LogP contribution in [0, 0.1) is 18.6 Å². The van der Waals surface area contributed by atoms with Gasteiger partial charge in [-0.15, -0.1) is 0 Å². The average molecular weight is 347 g/mol. The highest BCUT2D eigenvalue weighted by Gasteiger charge is 2.30. The molecule has 0 spiro atoms. The zero-order chi connectivity index (χ0) is 18.6. The molecule has 132 valence electrons. The number of anilines is 1. The van der Waals surface area contributed by atoms with Crippen molar-refractivity contribution in [1.29, 1.82) is 0 Å². The predicted molar refractivity (Wildman–Crippen MR) is 90.4 cm³/mol. The highest BCUT2D eigenvalue weighted by atomic mass is 19.1. The van der Waals surface area contributed by atoms with E-state index < -0.39 is 29.6 Å². The highest BCUT2D eigenvalue weighted by Crippen LogP contribution is 2.22. The van der Waals surface area contributed by atoms with Crippen LogP contribution in [-0.4, -0.2) is 23.0 Å². The number of carbonyl (C=O) groups excluding carboxylic acids is 1. The van der Waals surface area contributed by atoms with E-state index in [4.69, 9.17) is 0 Å². The fourth-order valence-electron chi connectivity index (χ4n) is 2.58. The van der Waals surface area contributed by atoms with Crippen molar-refractivity contribution in [2.24, 2.45) is 0 Å². The van der Waals surface area contributed by atoms with Gasteiger partial charge in [-0.3, -0.25) is 9.69 Å². The van der Waals surface area contributed by atoms with Gasteiger partial charge in [0.15, 0.2) is 0 Å². The standard InChI is InChI=1S/C19H19F2NO3/c1-3-17(19(24)25)22(15-8-4-12(2)5-9-15)18(23)10-13-6-7-14(20)11-16(13)21/h4-9,11,17H,3,10H2,1-2H3,(H,24,25). The normalized spacial score (nSPS) is 11.8. The molecule has 0 radical (unpaired) electrons. The Hall–Kier alpha value is -2.76. The minimum absolute atomic E-state index is 0.0174. The molecule has 25 heavy (non-hydrogen) atoms. The Morgan fingerprint density at radius 3 is 2.28 bits per heavy atom.